The first-order valence-corrected chi connectivity index (χ1v) is 6.75. The van der Waals surface area contributed by atoms with Crippen LogP contribution in [-0.4, -0.2) is 9.97 Å². The lowest BCUT2D eigenvalue weighted by Gasteiger charge is -2.10. The summed E-state index contributed by atoms with van der Waals surface area (Å²) >= 11 is 12.8. The third kappa shape index (κ3) is 3.18. The first kappa shape index (κ1) is 12.8. The number of halogens is 3. The second kappa shape index (κ2) is 5.33. The number of anilines is 2. The van der Waals surface area contributed by atoms with Crippen molar-refractivity contribution in [2.75, 3.05) is 5.32 Å². The van der Waals surface area contributed by atoms with Gasteiger partial charge in [0.25, 0.3) is 0 Å². The molecule has 17 heavy (non-hydrogen) atoms. The maximum Gasteiger partial charge on any atom is 0.224 e. The molecule has 0 unspecified atom stereocenters. The van der Waals surface area contributed by atoms with Crippen molar-refractivity contribution in [2.45, 2.75) is 6.92 Å². The monoisotopic (exact) mass is 375 g/mol. The molecule has 0 aliphatic heterocycles. The zero-order chi connectivity index (χ0) is 12.4. The van der Waals surface area contributed by atoms with Gasteiger partial charge in [0.15, 0.2) is 0 Å². The highest BCUT2D eigenvalue weighted by molar-refractivity contribution is 9.11. The molecular formula is C11H8Br2ClN3. The standard InChI is InChI=1S/C11H8Br2ClN3/c1-6-5-9(17-11(14)15-6)16-10-7(12)3-2-4-8(10)13/h2-5H,1H3,(H,15,16,17). The van der Waals surface area contributed by atoms with Gasteiger partial charge in [-0.15, -0.1) is 0 Å². The van der Waals surface area contributed by atoms with Gasteiger partial charge in [-0.3, -0.25) is 0 Å². The van der Waals surface area contributed by atoms with Crippen LogP contribution in [-0.2, 0) is 0 Å². The zero-order valence-corrected chi connectivity index (χ0v) is 12.8. The lowest BCUT2D eigenvalue weighted by atomic mass is 10.3. The predicted octanol–water partition coefficient (Wildman–Crippen LogP) is 4.71. The molecule has 1 aromatic heterocycles. The molecule has 1 heterocycles. The Morgan fingerprint density at radius 3 is 2.41 bits per heavy atom. The predicted molar refractivity (Wildman–Crippen MR) is 76.9 cm³/mol. The third-order valence-electron chi connectivity index (χ3n) is 2.04. The highest BCUT2D eigenvalue weighted by atomic mass is 79.9. The smallest absolute Gasteiger partial charge is 0.224 e. The highest BCUT2D eigenvalue weighted by Gasteiger charge is 2.06. The Balaban J connectivity index is 2.38. The van der Waals surface area contributed by atoms with Gasteiger partial charge in [0, 0.05) is 20.7 Å². The van der Waals surface area contributed by atoms with Crippen LogP contribution in [0.3, 0.4) is 0 Å². The Labute approximate surface area is 121 Å². The van der Waals surface area contributed by atoms with Crippen LogP contribution in [0.5, 0.6) is 0 Å². The molecule has 0 atom stereocenters. The van der Waals surface area contributed by atoms with E-state index < -0.39 is 0 Å². The molecule has 2 rings (SSSR count). The molecule has 2 aromatic rings. The van der Waals surface area contributed by atoms with Crippen molar-refractivity contribution in [1.29, 1.82) is 0 Å². The van der Waals surface area contributed by atoms with E-state index in [2.05, 4.69) is 47.1 Å². The van der Waals surface area contributed by atoms with Crippen molar-refractivity contribution < 1.29 is 0 Å². The van der Waals surface area contributed by atoms with Gasteiger partial charge in [-0.1, -0.05) is 6.07 Å². The van der Waals surface area contributed by atoms with E-state index in [-0.39, 0.29) is 5.28 Å². The van der Waals surface area contributed by atoms with Crippen LogP contribution in [0.15, 0.2) is 33.2 Å². The van der Waals surface area contributed by atoms with Crippen LogP contribution >= 0.6 is 43.5 Å². The Morgan fingerprint density at radius 1 is 1.18 bits per heavy atom. The van der Waals surface area contributed by atoms with Crippen LogP contribution < -0.4 is 5.32 Å². The van der Waals surface area contributed by atoms with Gasteiger partial charge in [-0.05, 0) is 62.5 Å². The molecular weight excluding hydrogens is 369 g/mol. The number of para-hydroxylation sites is 1. The molecule has 0 spiro atoms. The molecule has 88 valence electrons. The minimum Gasteiger partial charge on any atom is -0.338 e. The Hall–Kier alpha value is -0.650. The van der Waals surface area contributed by atoms with Gasteiger partial charge < -0.3 is 5.32 Å². The van der Waals surface area contributed by atoms with Crippen LogP contribution in [0.2, 0.25) is 5.28 Å². The number of nitrogens with zero attached hydrogens (tertiary/aromatic N) is 2. The quantitative estimate of drug-likeness (QED) is 0.771. The summed E-state index contributed by atoms with van der Waals surface area (Å²) in [6.07, 6.45) is 0. The minimum absolute atomic E-state index is 0.232. The number of aromatic nitrogens is 2. The Morgan fingerprint density at radius 2 is 1.82 bits per heavy atom. The van der Waals surface area contributed by atoms with Crippen molar-refractivity contribution in [2.24, 2.45) is 0 Å². The number of nitrogens with one attached hydrogen (secondary N) is 1. The summed E-state index contributed by atoms with van der Waals surface area (Å²) in [5.41, 5.74) is 1.72. The lowest BCUT2D eigenvalue weighted by molar-refractivity contribution is 1.10. The second-order valence-corrected chi connectivity index (χ2v) is 5.43. The molecule has 0 radical (unpaired) electrons. The summed E-state index contributed by atoms with van der Waals surface area (Å²) in [5.74, 6) is 0.662. The number of rotatable bonds is 2. The second-order valence-electron chi connectivity index (χ2n) is 3.39. The lowest BCUT2D eigenvalue weighted by Crippen LogP contribution is -1.98. The molecule has 1 aromatic carbocycles. The fraction of sp³-hybridized carbons (Fsp3) is 0.0909. The maximum atomic E-state index is 5.81. The zero-order valence-electron chi connectivity index (χ0n) is 8.84. The Kier molecular flexibility index (Phi) is 4.01. The molecule has 0 saturated heterocycles. The van der Waals surface area contributed by atoms with Crippen LogP contribution in [0.1, 0.15) is 5.69 Å². The van der Waals surface area contributed by atoms with E-state index in [0.717, 1.165) is 20.3 Å². The van der Waals surface area contributed by atoms with E-state index in [9.17, 15) is 0 Å². The molecule has 0 fully saturated rings. The summed E-state index contributed by atoms with van der Waals surface area (Å²) in [6, 6.07) is 7.67. The van der Waals surface area contributed by atoms with Crippen LogP contribution in [0.25, 0.3) is 0 Å². The fourth-order valence-corrected chi connectivity index (χ4v) is 2.76. The van der Waals surface area contributed by atoms with Crippen molar-refractivity contribution in [3.63, 3.8) is 0 Å². The Bertz CT molecular complexity index is 520. The summed E-state index contributed by atoms with van der Waals surface area (Å²) in [5, 5.41) is 3.42. The number of hydrogen-bond acceptors (Lipinski definition) is 3. The van der Waals surface area contributed by atoms with Crippen molar-refractivity contribution >= 4 is 55.0 Å². The number of benzene rings is 1. The summed E-state index contributed by atoms with van der Waals surface area (Å²) in [4.78, 5) is 8.12. The van der Waals surface area contributed by atoms with E-state index >= 15 is 0 Å². The normalized spacial score (nSPS) is 10.4. The van der Waals surface area contributed by atoms with Crippen molar-refractivity contribution in [3.8, 4) is 0 Å². The van der Waals surface area contributed by atoms with E-state index in [4.69, 9.17) is 11.6 Å². The summed E-state index contributed by atoms with van der Waals surface area (Å²) in [7, 11) is 0. The average molecular weight is 377 g/mol. The molecule has 0 aliphatic carbocycles. The van der Waals surface area contributed by atoms with Gasteiger partial charge in [0.1, 0.15) is 5.82 Å². The van der Waals surface area contributed by atoms with Crippen molar-refractivity contribution in [1.82, 2.24) is 9.97 Å². The molecule has 6 heteroatoms. The molecule has 0 aliphatic rings. The molecule has 0 saturated carbocycles. The first-order valence-electron chi connectivity index (χ1n) is 4.78. The molecule has 0 amide bonds. The number of hydrogen-bond donors (Lipinski definition) is 1. The summed E-state index contributed by atoms with van der Waals surface area (Å²) in [6.45, 7) is 1.87. The SMILES string of the molecule is Cc1cc(Nc2c(Br)cccc2Br)nc(Cl)n1. The van der Waals surface area contributed by atoms with E-state index in [0.29, 0.717) is 5.82 Å². The number of aryl methyl sites for hydroxylation is 1. The highest BCUT2D eigenvalue weighted by Crippen LogP contribution is 2.32. The van der Waals surface area contributed by atoms with Gasteiger partial charge in [-0.25, -0.2) is 9.97 Å². The van der Waals surface area contributed by atoms with E-state index in [1.54, 1.807) is 0 Å². The van der Waals surface area contributed by atoms with E-state index in [1.165, 1.54) is 0 Å². The molecule has 1 N–H and O–H groups in total. The topological polar surface area (TPSA) is 37.8 Å². The fourth-order valence-electron chi connectivity index (χ4n) is 1.34. The van der Waals surface area contributed by atoms with Gasteiger partial charge >= 0.3 is 0 Å². The van der Waals surface area contributed by atoms with Crippen LogP contribution in [0.4, 0.5) is 11.5 Å². The first-order chi connectivity index (χ1) is 8.06. The molecule has 0 bridgehead atoms. The maximum absolute atomic E-state index is 5.81. The van der Waals surface area contributed by atoms with E-state index in [1.807, 2.05) is 31.2 Å². The minimum atomic E-state index is 0.232. The molecule has 3 nitrogen and oxygen atoms in total. The van der Waals surface area contributed by atoms with Gasteiger partial charge in [0.2, 0.25) is 5.28 Å². The average Bonchev–Trinajstić information content (AvgIpc) is 2.22. The summed E-state index contributed by atoms with van der Waals surface area (Å²) < 4.78 is 1.89. The van der Waals surface area contributed by atoms with Gasteiger partial charge in [-0.2, -0.15) is 0 Å². The largest absolute Gasteiger partial charge is 0.338 e. The van der Waals surface area contributed by atoms with Gasteiger partial charge in [0.05, 0.1) is 5.69 Å². The van der Waals surface area contributed by atoms with Crippen molar-refractivity contribution in [3.05, 3.63) is 44.2 Å². The third-order valence-corrected chi connectivity index (χ3v) is 3.53. The van der Waals surface area contributed by atoms with Crippen LogP contribution in [0, 0.1) is 6.92 Å².